The molecule has 1 unspecified atom stereocenters. The molecule has 2 nitrogen and oxygen atoms in total. The van der Waals surface area contributed by atoms with Gasteiger partial charge in [0.1, 0.15) is 0 Å². The van der Waals surface area contributed by atoms with Crippen LogP contribution in [0, 0.1) is 0 Å². The standard InChI is InChI=1S/C22H18F3NO.2C2H6/c1-15(19-11-5-8-17-7-2-3-10-20(17)19)26-21(27)13-12-16-6-4-9-18(14-16)22(23,24)25;2*1-2/h2-15H,1H3,(H,26,27);2*1-2H3/b13-12+;;. The van der Waals surface area contributed by atoms with E-state index >= 15 is 0 Å². The maximum atomic E-state index is 12.8. The molecule has 0 aromatic heterocycles. The number of hydrogen-bond acceptors (Lipinski definition) is 1. The van der Waals surface area contributed by atoms with E-state index in [1.807, 2.05) is 77.1 Å². The van der Waals surface area contributed by atoms with E-state index in [4.69, 9.17) is 0 Å². The summed E-state index contributed by atoms with van der Waals surface area (Å²) in [6.07, 6.45) is -1.79. The van der Waals surface area contributed by atoms with Crippen molar-refractivity contribution in [2.24, 2.45) is 0 Å². The van der Waals surface area contributed by atoms with E-state index < -0.39 is 11.7 Å². The van der Waals surface area contributed by atoms with Gasteiger partial charge in [-0.05, 0) is 47.0 Å². The van der Waals surface area contributed by atoms with Crippen molar-refractivity contribution in [1.82, 2.24) is 5.32 Å². The lowest BCUT2D eigenvalue weighted by atomic mass is 10.00. The zero-order valence-corrected chi connectivity index (χ0v) is 18.6. The average molecular weight is 430 g/mol. The number of halogens is 3. The Bertz CT molecular complexity index is 988. The maximum Gasteiger partial charge on any atom is 0.416 e. The number of carbonyl (C=O) groups excluding carboxylic acids is 1. The van der Waals surface area contributed by atoms with Gasteiger partial charge in [-0.25, -0.2) is 0 Å². The van der Waals surface area contributed by atoms with Crippen molar-refractivity contribution >= 4 is 22.8 Å². The summed E-state index contributed by atoms with van der Waals surface area (Å²) in [5, 5.41) is 4.99. The highest BCUT2D eigenvalue weighted by molar-refractivity contribution is 5.93. The van der Waals surface area contributed by atoms with E-state index in [2.05, 4.69) is 5.32 Å². The SMILES string of the molecule is CC.CC.CC(NC(=O)/C=C/c1cccc(C(F)(F)F)c1)c1cccc2ccccc12. The van der Waals surface area contributed by atoms with Crippen molar-refractivity contribution in [1.29, 1.82) is 0 Å². The molecule has 166 valence electrons. The molecule has 0 aliphatic carbocycles. The van der Waals surface area contributed by atoms with Gasteiger partial charge in [0.05, 0.1) is 11.6 Å². The van der Waals surface area contributed by atoms with Gasteiger partial charge in [0, 0.05) is 6.08 Å². The highest BCUT2D eigenvalue weighted by atomic mass is 19.4. The molecule has 5 heteroatoms. The van der Waals surface area contributed by atoms with Gasteiger partial charge in [-0.3, -0.25) is 4.79 Å². The van der Waals surface area contributed by atoms with Crippen LogP contribution in [0.25, 0.3) is 16.8 Å². The second-order valence-electron chi connectivity index (χ2n) is 6.26. The Balaban J connectivity index is 0.00000113. The number of alkyl halides is 3. The highest BCUT2D eigenvalue weighted by Gasteiger charge is 2.30. The summed E-state index contributed by atoms with van der Waals surface area (Å²) in [4.78, 5) is 12.2. The molecule has 0 aliphatic heterocycles. The van der Waals surface area contributed by atoms with Crippen LogP contribution in [-0.4, -0.2) is 5.91 Å². The minimum Gasteiger partial charge on any atom is -0.346 e. The molecule has 0 fully saturated rings. The van der Waals surface area contributed by atoms with Crippen LogP contribution in [0.3, 0.4) is 0 Å². The van der Waals surface area contributed by atoms with Crippen molar-refractivity contribution in [3.8, 4) is 0 Å². The maximum absolute atomic E-state index is 12.8. The predicted molar refractivity (Wildman–Crippen MR) is 124 cm³/mol. The van der Waals surface area contributed by atoms with Crippen molar-refractivity contribution in [2.75, 3.05) is 0 Å². The third-order valence-corrected chi connectivity index (χ3v) is 4.29. The first kappa shape index (κ1) is 26.0. The number of hydrogen-bond donors (Lipinski definition) is 1. The van der Waals surface area contributed by atoms with Crippen molar-refractivity contribution in [3.05, 3.63) is 89.5 Å². The quantitative estimate of drug-likeness (QED) is 0.421. The third kappa shape index (κ3) is 7.59. The summed E-state index contributed by atoms with van der Waals surface area (Å²) in [5.41, 5.74) is 0.556. The Hall–Kier alpha value is -3.08. The van der Waals surface area contributed by atoms with Gasteiger partial charge < -0.3 is 5.32 Å². The molecule has 3 aromatic rings. The minimum absolute atomic E-state index is 0.241. The van der Waals surface area contributed by atoms with Crippen LogP contribution < -0.4 is 5.32 Å². The van der Waals surface area contributed by atoms with Crippen molar-refractivity contribution in [3.63, 3.8) is 0 Å². The number of fused-ring (bicyclic) bond motifs is 1. The lowest BCUT2D eigenvalue weighted by Crippen LogP contribution is -2.24. The van der Waals surface area contributed by atoms with Gasteiger partial charge in [-0.1, -0.05) is 82.3 Å². The molecule has 0 aliphatic rings. The Morgan fingerprint density at radius 3 is 2.19 bits per heavy atom. The normalized spacial score (nSPS) is 11.7. The molecular weight excluding hydrogens is 399 g/mol. The van der Waals surface area contributed by atoms with Gasteiger partial charge in [-0.2, -0.15) is 13.2 Å². The molecule has 0 saturated carbocycles. The first-order valence-electron chi connectivity index (χ1n) is 10.5. The van der Waals surface area contributed by atoms with Gasteiger partial charge in [0.15, 0.2) is 0 Å². The lowest BCUT2D eigenvalue weighted by molar-refractivity contribution is -0.137. The average Bonchev–Trinajstić information content (AvgIpc) is 2.79. The fourth-order valence-corrected chi connectivity index (χ4v) is 2.96. The molecule has 3 aromatic carbocycles. The molecule has 1 N–H and O–H groups in total. The van der Waals surface area contributed by atoms with Crippen LogP contribution in [0.1, 0.15) is 57.4 Å². The second kappa shape index (κ2) is 12.6. The van der Waals surface area contributed by atoms with Crippen molar-refractivity contribution < 1.29 is 18.0 Å². The molecule has 3 rings (SSSR count). The third-order valence-electron chi connectivity index (χ3n) is 4.29. The zero-order chi connectivity index (χ0) is 23.4. The molecule has 1 amide bonds. The molecule has 0 spiro atoms. The van der Waals surface area contributed by atoms with E-state index in [0.29, 0.717) is 5.56 Å². The van der Waals surface area contributed by atoms with Crippen LogP contribution in [-0.2, 0) is 11.0 Å². The second-order valence-corrected chi connectivity index (χ2v) is 6.26. The molecule has 0 bridgehead atoms. The largest absolute Gasteiger partial charge is 0.416 e. The number of nitrogens with one attached hydrogen (secondary N) is 1. The van der Waals surface area contributed by atoms with Crippen molar-refractivity contribution in [2.45, 2.75) is 46.8 Å². The fraction of sp³-hybridized carbons (Fsp3) is 0.269. The molecule has 0 heterocycles. The molecule has 31 heavy (non-hydrogen) atoms. The molecule has 1 atom stereocenters. The summed E-state index contributed by atoms with van der Waals surface area (Å²) in [6.45, 7) is 9.87. The number of benzene rings is 3. The van der Waals surface area contributed by atoms with E-state index in [-0.39, 0.29) is 11.9 Å². The highest BCUT2D eigenvalue weighted by Crippen LogP contribution is 2.29. The van der Waals surface area contributed by atoms with E-state index in [0.717, 1.165) is 28.5 Å². The summed E-state index contributed by atoms with van der Waals surface area (Å²) in [7, 11) is 0. The summed E-state index contributed by atoms with van der Waals surface area (Å²) in [5.74, 6) is -0.368. The van der Waals surface area contributed by atoms with Gasteiger partial charge in [-0.15, -0.1) is 0 Å². The minimum atomic E-state index is -4.41. The first-order chi connectivity index (χ1) is 14.8. The Morgan fingerprint density at radius 2 is 1.52 bits per heavy atom. The fourth-order valence-electron chi connectivity index (χ4n) is 2.96. The van der Waals surface area contributed by atoms with E-state index in [1.54, 1.807) is 0 Å². The molecule has 0 radical (unpaired) electrons. The molecular formula is C26H30F3NO. The van der Waals surface area contributed by atoms with Gasteiger partial charge in [0.25, 0.3) is 0 Å². The summed E-state index contributed by atoms with van der Waals surface area (Å²) in [6, 6.07) is 18.4. The van der Waals surface area contributed by atoms with E-state index in [9.17, 15) is 18.0 Å². The monoisotopic (exact) mass is 429 g/mol. The van der Waals surface area contributed by atoms with E-state index in [1.165, 1.54) is 24.3 Å². The Morgan fingerprint density at radius 1 is 0.903 bits per heavy atom. The summed E-state index contributed by atoms with van der Waals surface area (Å²) < 4.78 is 38.3. The van der Waals surface area contributed by atoms with Gasteiger partial charge >= 0.3 is 6.18 Å². The Kier molecular flexibility index (Phi) is 10.5. The topological polar surface area (TPSA) is 29.1 Å². The number of rotatable bonds is 4. The molecule has 0 saturated heterocycles. The Labute approximate surface area is 182 Å². The van der Waals surface area contributed by atoms with Crippen LogP contribution in [0.15, 0.2) is 72.8 Å². The van der Waals surface area contributed by atoms with Crippen LogP contribution >= 0.6 is 0 Å². The van der Waals surface area contributed by atoms with Crippen LogP contribution in [0.5, 0.6) is 0 Å². The first-order valence-corrected chi connectivity index (χ1v) is 10.5. The van der Waals surface area contributed by atoms with Crippen LogP contribution in [0.2, 0.25) is 0 Å². The lowest BCUT2D eigenvalue weighted by Gasteiger charge is -2.15. The van der Waals surface area contributed by atoms with Gasteiger partial charge in [0.2, 0.25) is 5.91 Å². The summed E-state index contributed by atoms with van der Waals surface area (Å²) >= 11 is 0. The smallest absolute Gasteiger partial charge is 0.346 e. The number of amides is 1. The van der Waals surface area contributed by atoms with Crippen LogP contribution in [0.4, 0.5) is 13.2 Å². The number of carbonyl (C=O) groups is 1. The predicted octanol–water partition coefficient (Wildman–Crippen LogP) is 7.80. The zero-order valence-electron chi connectivity index (χ0n) is 18.6.